The van der Waals surface area contributed by atoms with E-state index in [9.17, 15) is 9.18 Å². The van der Waals surface area contributed by atoms with E-state index in [2.05, 4.69) is 12.1 Å². The van der Waals surface area contributed by atoms with Crippen LogP contribution in [-0.4, -0.2) is 30.5 Å². The maximum absolute atomic E-state index is 13.7. The quantitative estimate of drug-likeness (QED) is 0.834. The minimum Gasteiger partial charge on any atom is -0.376 e. The molecule has 1 aliphatic heterocycles. The lowest BCUT2D eigenvalue weighted by Gasteiger charge is -2.32. The summed E-state index contributed by atoms with van der Waals surface area (Å²) in [4.78, 5) is 14.1. The van der Waals surface area contributed by atoms with Crippen LogP contribution in [0.5, 0.6) is 0 Å². The SMILES string of the molecule is O=C(c1ccccc1F)N1CCC(COCc2ccccc2)CC1. The van der Waals surface area contributed by atoms with E-state index in [0.29, 0.717) is 32.2 Å². The summed E-state index contributed by atoms with van der Waals surface area (Å²) in [6, 6.07) is 16.3. The molecule has 1 heterocycles. The van der Waals surface area contributed by atoms with Crippen molar-refractivity contribution < 1.29 is 13.9 Å². The molecule has 0 aliphatic carbocycles. The number of benzene rings is 2. The smallest absolute Gasteiger partial charge is 0.256 e. The van der Waals surface area contributed by atoms with Crippen molar-refractivity contribution in [2.45, 2.75) is 19.4 Å². The van der Waals surface area contributed by atoms with Gasteiger partial charge >= 0.3 is 0 Å². The molecular formula is C20H22FNO2. The second-order valence-corrected chi connectivity index (χ2v) is 6.22. The summed E-state index contributed by atoms with van der Waals surface area (Å²) in [5, 5.41) is 0. The van der Waals surface area contributed by atoms with E-state index < -0.39 is 5.82 Å². The predicted molar refractivity (Wildman–Crippen MR) is 91.1 cm³/mol. The third kappa shape index (κ3) is 4.20. The normalized spacial score (nSPS) is 15.5. The van der Waals surface area contributed by atoms with E-state index in [1.165, 1.54) is 11.6 Å². The number of piperidine rings is 1. The summed E-state index contributed by atoms with van der Waals surface area (Å²) in [6.07, 6.45) is 1.80. The van der Waals surface area contributed by atoms with Gasteiger partial charge in [-0.3, -0.25) is 4.79 Å². The van der Waals surface area contributed by atoms with Crippen molar-refractivity contribution in [2.75, 3.05) is 19.7 Å². The van der Waals surface area contributed by atoms with Crippen molar-refractivity contribution in [3.05, 3.63) is 71.5 Å². The molecule has 0 aromatic heterocycles. The third-order valence-electron chi connectivity index (χ3n) is 4.47. The zero-order chi connectivity index (χ0) is 16.8. The Labute approximate surface area is 142 Å². The fraction of sp³-hybridized carbons (Fsp3) is 0.350. The number of ether oxygens (including phenoxy) is 1. The molecule has 0 unspecified atom stereocenters. The van der Waals surface area contributed by atoms with Crippen LogP contribution in [0.3, 0.4) is 0 Å². The summed E-state index contributed by atoms with van der Waals surface area (Å²) in [5.74, 6) is -0.203. The van der Waals surface area contributed by atoms with E-state index in [0.717, 1.165) is 12.8 Å². The molecule has 3 nitrogen and oxygen atoms in total. The van der Waals surface area contributed by atoms with Gasteiger partial charge in [0.05, 0.1) is 12.2 Å². The zero-order valence-corrected chi connectivity index (χ0v) is 13.7. The van der Waals surface area contributed by atoms with Gasteiger partial charge in [-0.1, -0.05) is 42.5 Å². The molecule has 2 aromatic rings. The topological polar surface area (TPSA) is 29.5 Å². The molecule has 1 amide bonds. The van der Waals surface area contributed by atoms with Crippen LogP contribution in [0.15, 0.2) is 54.6 Å². The number of hydrogen-bond acceptors (Lipinski definition) is 2. The first kappa shape index (κ1) is 16.7. The molecule has 0 radical (unpaired) electrons. The lowest BCUT2D eigenvalue weighted by Crippen LogP contribution is -2.39. The lowest BCUT2D eigenvalue weighted by atomic mass is 9.97. The van der Waals surface area contributed by atoms with Crippen LogP contribution in [0.2, 0.25) is 0 Å². The summed E-state index contributed by atoms with van der Waals surface area (Å²) in [5.41, 5.74) is 1.33. The minimum atomic E-state index is -0.448. The second kappa shape index (κ2) is 8.06. The van der Waals surface area contributed by atoms with E-state index in [-0.39, 0.29) is 11.5 Å². The Hall–Kier alpha value is -2.20. The molecule has 1 aliphatic rings. The molecule has 0 N–H and O–H groups in total. The van der Waals surface area contributed by atoms with Crippen LogP contribution >= 0.6 is 0 Å². The average molecular weight is 327 g/mol. The van der Waals surface area contributed by atoms with Crippen molar-refractivity contribution in [3.8, 4) is 0 Å². The van der Waals surface area contributed by atoms with Crippen molar-refractivity contribution in [2.24, 2.45) is 5.92 Å². The number of nitrogens with zero attached hydrogens (tertiary/aromatic N) is 1. The van der Waals surface area contributed by atoms with Crippen molar-refractivity contribution in [3.63, 3.8) is 0 Å². The largest absolute Gasteiger partial charge is 0.376 e. The number of rotatable bonds is 5. The Kier molecular flexibility index (Phi) is 5.59. The molecule has 126 valence electrons. The fourth-order valence-corrected chi connectivity index (χ4v) is 3.03. The molecule has 4 heteroatoms. The number of halogens is 1. The Balaban J connectivity index is 1.44. The Morgan fingerprint density at radius 1 is 1.04 bits per heavy atom. The highest BCUT2D eigenvalue weighted by Crippen LogP contribution is 2.20. The molecule has 3 rings (SSSR count). The molecule has 2 aromatic carbocycles. The first-order valence-electron chi connectivity index (χ1n) is 8.39. The maximum atomic E-state index is 13.7. The van der Waals surface area contributed by atoms with E-state index in [4.69, 9.17) is 4.74 Å². The van der Waals surface area contributed by atoms with Crippen molar-refractivity contribution >= 4 is 5.91 Å². The Morgan fingerprint density at radius 3 is 2.42 bits per heavy atom. The number of carbonyl (C=O) groups is 1. The summed E-state index contributed by atoms with van der Waals surface area (Å²) in [6.45, 7) is 2.64. The van der Waals surface area contributed by atoms with Crippen molar-refractivity contribution in [1.29, 1.82) is 0 Å². The van der Waals surface area contributed by atoms with Gasteiger partial charge in [0.25, 0.3) is 5.91 Å². The van der Waals surface area contributed by atoms with E-state index in [1.54, 1.807) is 23.1 Å². The van der Waals surface area contributed by atoms with Gasteiger partial charge in [-0.15, -0.1) is 0 Å². The highest BCUT2D eigenvalue weighted by molar-refractivity contribution is 5.94. The van der Waals surface area contributed by atoms with Gasteiger partial charge in [0.1, 0.15) is 5.82 Å². The zero-order valence-electron chi connectivity index (χ0n) is 13.7. The molecule has 0 bridgehead atoms. The van der Waals surface area contributed by atoms with Crippen molar-refractivity contribution in [1.82, 2.24) is 4.90 Å². The minimum absolute atomic E-state index is 0.163. The van der Waals surface area contributed by atoms with E-state index in [1.807, 2.05) is 18.2 Å². The molecule has 0 atom stereocenters. The van der Waals surface area contributed by atoms with Gasteiger partial charge in [-0.25, -0.2) is 4.39 Å². The van der Waals surface area contributed by atoms with Crippen LogP contribution < -0.4 is 0 Å². The molecule has 0 saturated carbocycles. The first-order chi connectivity index (χ1) is 11.7. The standard InChI is InChI=1S/C20H22FNO2/c21-19-9-5-4-8-18(19)20(23)22-12-10-17(11-13-22)15-24-14-16-6-2-1-3-7-16/h1-9,17H,10-15H2. The van der Waals surface area contributed by atoms with E-state index >= 15 is 0 Å². The van der Waals surface area contributed by atoms with Gasteiger partial charge in [0, 0.05) is 19.7 Å². The van der Waals surface area contributed by atoms with Crippen LogP contribution in [0.4, 0.5) is 4.39 Å². The van der Waals surface area contributed by atoms with Gasteiger partial charge < -0.3 is 9.64 Å². The number of hydrogen-bond donors (Lipinski definition) is 0. The van der Waals surface area contributed by atoms with Gasteiger partial charge in [0.2, 0.25) is 0 Å². The predicted octanol–water partition coefficient (Wildman–Crippen LogP) is 3.89. The maximum Gasteiger partial charge on any atom is 0.256 e. The van der Waals surface area contributed by atoms with Crippen LogP contribution in [0.25, 0.3) is 0 Å². The van der Waals surface area contributed by atoms with Crippen LogP contribution in [0, 0.1) is 11.7 Å². The van der Waals surface area contributed by atoms with Gasteiger partial charge in [-0.2, -0.15) is 0 Å². The Morgan fingerprint density at radius 2 is 1.71 bits per heavy atom. The van der Waals surface area contributed by atoms with Crippen LogP contribution in [0.1, 0.15) is 28.8 Å². The number of likely N-dealkylation sites (tertiary alicyclic amines) is 1. The Bertz CT molecular complexity index is 666. The average Bonchev–Trinajstić information content (AvgIpc) is 2.63. The highest BCUT2D eigenvalue weighted by atomic mass is 19.1. The fourth-order valence-electron chi connectivity index (χ4n) is 3.03. The van der Waals surface area contributed by atoms with Crippen LogP contribution in [-0.2, 0) is 11.3 Å². The molecule has 1 fully saturated rings. The number of amides is 1. The second-order valence-electron chi connectivity index (χ2n) is 6.22. The van der Waals surface area contributed by atoms with Gasteiger partial charge in [-0.05, 0) is 36.5 Å². The summed E-state index contributed by atoms with van der Waals surface area (Å²) < 4.78 is 19.5. The summed E-state index contributed by atoms with van der Waals surface area (Å²) >= 11 is 0. The summed E-state index contributed by atoms with van der Waals surface area (Å²) in [7, 11) is 0. The highest BCUT2D eigenvalue weighted by Gasteiger charge is 2.25. The third-order valence-corrected chi connectivity index (χ3v) is 4.47. The molecule has 0 spiro atoms. The molecular weight excluding hydrogens is 305 g/mol. The molecule has 1 saturated heterocycles. The monoisotopic (exact) mass is 327 g/mol. The first-order valence-corrected chi connectivity index (χ1v) is 8.39. The molecule has 24 heavy (non-hydrogen) atoms. The number of carbonyl (C=O) groups excluding carboxylic acids is 1. The lowest BCUT2D eigenvalue weighted by molar-refractivity contribution is 0.0476. The van der Waals surface area contributed by atoms with Gasteiger partial charge in [0.15, 0.2) is 0 Å².